The van der Waals surface area contributed by atoms with Crippen molar-refractivity contribution in [3.63, 3.8) is 0 Å². The summed E-state index contributed by atoms with van der Waals surface area (Å²) in [4.78, 5) is 12.0. The maximum atomic E-state index is 13.5. The number of hydrogen-bond acceptors (Lipinski definition) is 1. The Morgan fingerprint density at radius 3 is 2.26 bits per heavy atom. The highest BCUT2D eigenvalue weighted by molar-refractivity contribution is 5.79. The van der Waals surface area contributed by atoms with E-state index < -0.39 is 0 Å². The summed E-state index contributed by atoms with van der Waals surface area (Å²) >= 11 is 0. The predicted octanol–water partition coefficient (Wildman–Crippen LogP) is 3.70. The number of rotatable bonds is 4. The molecule has 0 heterocycles. The molecule has 1 aromatic rings. The molecular formula is C16H24FNO. The lowest BCUT2D eigenvalue weighted by atomic mass is 9.81. The third-order valence-electron chi connectivity index (χ3n) is 2.76. The van der Waals surface area contributed by atoms with Gasteiger partial charge in [0.25, 0.3) is 0 Å². The van der Waals surface area contributed by atoms with E-state index in [0.29, 0.717) is 5.56 Å². The number of carbonyl (C=O) groups is 1. The zero-order valence-electron chi connectivity index (χ0n) is 12.5. The second-order valence-electron chi connectivity index (χ2n) is 6.94. The van der Waals surface area contributed by atoms with Crippen molar-refractivity contribution in [2.75, 3.05) is 0 Å². The van der Waals surface area contributed by atoms with Gasteiger partial charge in [-0.25, -0.2) is 4.39 Å². The molecule has 0 aliphatic carbocycles. The molecule has 2 nitrogen and oxygen atoms in total. The van der Waals surface area contributed by atoms with Gasteiger partial charge in [0.05, 0.1) is 6.42 Å². The first-order valence-electron chi connectivity index (χ1n) is 6.63. The highest BCUT2D eigenvalue weighted by atomic mass is 19.1. The molecule has 1 amide bonds. The minimum Gasteiger partial charge on any atom is -0.351 e. The molecule has 0 saturated carbocycles. The van der Waals surface area contributed by atoms with E-state index in [4.69, 9.17) is 0 Å². The Hall–Kier alpha value is -1.38. The zero-order valence-corrected chi connectivity index (χ0v) is 12.5. The molecule has 1 aromatic carbocycles. The summed E-state index contributed by atoms with van der Waals surface area (Å²) in [6.07, 6.45) is 0.948. The quantitative estimate of drug-likeness (QED) is 0.883. The van der Waals surface area contributed by atoms with Crippen LogP contribution in [0.4, 0.5) is 4.39 Å². The Labute approximate surface area is 115 Å². The van der Waals surface area contributed by atoms with Gasteiger partial charge in [0.2, 0.25) is 5.91 Å². The second kappa shape index (κ2) is 5.72. The lowest BCUT2D eigenvalue weighted by Gasteiger charge is -2.33. The number of carbonyl (C=O) groups excluding carboxylic acids is 1. The molecule has 0 aliphatic heterocycles. The normalized spacial score (nSPS) is 12.3. The van der Waals surface area contributed by atoms with Crippen LogP contribution in [-0.4, -0.2) is 11.4 Å². The van der Waals surface area contributed by atoms with Crippen LogP contribution in [0.2, 0.25) is 0 Å². The van der Waals surface area contributed by atoms with Crippen molar-refractivity contribution < 1.29 is 9.18 Å². The second-order valence-corrected chi connectivity index (χ2v) is 6.94. The molecular weight excluding hydrogens is 241 g/mol. The van der Waals surface area contributed by atoms with Crippen molar-refractivity contribution in [1.82, 2.24) is 5.32 Å². The predicted molar refractivity (Wildman–Crippen MR) is 76.4 cm³/mol. The molecule has 0 fully saturated rings. The Kier molecular flexibility index (Phi) is 4.72. The van der Waals surface area contributed by atoms with Crippen LogP contribution in [0, 0.1) is 11.2 Å². The van der Waals surface area contributed by atoms with Crippen molar-refractivity contribution in [3.05, 3.63) is 35.6 Å². The smallest absolute Gasteiger partial charge is 0.224 e. The molecule has 0 aliphatic rings. The average molecular weight is 265 g/mol. The molecule has 0 spiro atoms. The Morgan fingerprint density at radius 2 is 1.74 bits per heavy atom. The largest absolute Gasteiger partial charge is 0.351 e. The lowest BCUT2D eigenvalue weighted by Crippen LogP contribution is -2.46. The van der Waals surface area contributed by atoms with E-state index in [1.807, 2.05) is 13.8 Å². The fourth-order valence-corrected chi connectivity index (χ4v) is 2.61. The number of nitrogens with one attached hydrogen (secondary N) is 1. The molecule has 0 bridgehead atoms. The maximum absolute atomic E-state index is 13.5. The van der Waals surface area contributed by atoms with E-state index in [1.165, 1.54) is 6.07 Å². The summed E-state index contributed by atoms with van der Waals surface area (Å²) in [7, 11) is 0. The molecule has 19 heavy (non-hydrogen) atoms. The van der Waals surface area contributed by atoms with Gasteiger partial charge in [-0.2, -0.15) is 0 Å². The standard InChI is InChI=1S/C16H24FNO/c1-15(2,3)11-16(4,5)18-14(19)10-12-8-6-7-9-13(12)17/h6-9H,10-11H2,1-5H3,(H,18,19). The topological polar surface area (TPSA) is 29.1 Å². The van der Waals surface area contributed by atoms with E-state index >= 15 is 0 Å². The molecule has 106 valence electrons. The highest BCUT2D eigenvalue weighted by Crippen LogP contribution is 2.26. The van der Waals surface area contributed by atoms with Gasteiger partial charge in [0.1, 0.15) is 5.82 Å². The van der Waals surface area contributed by atoms with Crippen LogP contribution in [0.5, 0.6) is 0 Å². The van der Waals surface area contributed by atoms with Crippen molar-refractivity contribution in [2.45, 2.75) is 53.0 Å². The SMILES string of the molecule is CC(C)(C)CC(C)(C)NC(=O)Cc1ccccc1F. The van der Waals surface area contributed by atoms with Gasteiger partial charge >= 0.3 is 0 Å². The number of hydrogen-bond donors (Lipinski definition) is 1. The van der Waals surface area contributed by atoms with E-state index in [1.54, 1.807) is 18.2 Å². The summed E-state index contributed by atoms with van der Waals surface area (Å²) in [6, 6.07) is 6.39. The van der Waals surface area contributed by atoms with Crippen LogP contribution < -0.4 is 5.32 Å². The summed E-state index contributed by atoms with van der Waals surface area (Å²) in [6.45, 7) is 10.4. The lowest BCUT2D eigenvalue weighted by molar-refractivity contribution is -0.122. The summed E-state index contributed by atoms with van der Waals surface area (Å²) in [5.74, 6) is -0.467. The third kappa shape index (κ3) is 5.86. The minimum absolute atomic E-state index is 0.0836. The van der Waals surface area contributed by atoms with Crippen molar-refractivity contribution in [3.8, 4) is 0 Å². The molecule has 0 atom stereocenters. The Bertz CT molecular complexity index is 446. The molecule has 0 aromatic heterocycles. The van der Waals surface area contributed by atoms with Gasteiger partial charge < -0.3 is 5.32 Å². The van der Waals surface area contributed by atoms with Crippen LogP contribution in [0.25, 0.3) is 0 Å². The first kappa shape index (κ1) is 15.7. The Balaban J connectivity index is 2.63. The number of halogens is 1. The molecule has 1 rings (SSSR count). The monoisotopic (exact) mass is 265 g/mol. The van der Waals surface area contributed by atoms with Crippen molar-refractivity contribution >= 4 is 5.91 Å². The van der Waals surface area contributed by atoms with Crippen molar-refractivity contribution in [1.29, 1.82) is 0 Å². The fourth-order valence-electron chi connectivity index (χ4n) is 2.61. The van der Waals surface area contributed by atoms with Gasteiger partial charge in [-0.05, 0) is 37.3 Å². The minimum atomic E-state index is -0.328. The fraction of sp³-hybridized carbons (Fsp3) is 0.562. The van der Waals surface area contributed by atoms with E-state index in [-0.39, 0.29) is 29.1 Å². The van der Waals surface area contributed by atoms with Gasteiger partial charge in [0.15, 0.2) is 0 Å². The van der Waals surface area contributed by atoms with E-state index in [2.05, 4.69) is 26.1 Å². The highest BCUT2D eigenvalue weighted by Gasteiger charge is 2.27. The van der Waals surface area contributed by atoms with Crippen molar-refractivity contribution in [2.24, 2.45) is 5.41 Å². The van der Waals surface area contributed by atoms with Gasteiger partial charge in [-0.15, -0.1) is 0 Å². The summed E-state index contributed by atoms with van der Waals surface area (Å²) in [5.41, 5.74) is 0.279. The van der Waals surface area contributed by atoms with Crippen LogP contribution in [0.15, 0.2) is 24.3 Å². The van der Waals surface area contributed by atoms with Gasteiger partial charge in [-0.1, -0.05) is 39.0 Å². The first-order valence-corrected chi connectivity index (χ1v) is 6.63. The maximum Gasteiger partial charge on any atom is 0.224 e. The van der Waals surface area contributed by atoms with Gasteiger partial charge in [0, 0.05) is 5.54 Å². The third-order valence-corrected chi connectivity index (χ3v) is 2.76. The molecule has 0 radical (unpaired) electrons. The first-order chi connectivity index (χ1) is 8.59. The van der Waals surface area contributed by atoms with Crippen LogP contribution in [0.1, 0.15) is 46.6 Å². The van der Waals surface area contributed by atoms with E-state index in [9.17, 15) is 9.18 Å². The summed E-state index contributed by atoms with van der Waals surface area (Å²) in [5, 5.41) is 2.98. The van der Waals surface area contributed by atoms with Crippen LogP contribution in [0.3, 0.4) is 0 Å². The molecule has 3 heteroatoms. The Morgan fingerprint density at radius 1 is 1.16 bits per heavy atom. The van der Waals surface area contributed by atoms with Gasteiger partial charge in [-0.3, -0.25) is 4.79 Å². The molecule has 1 N–H and O–H groups in total. The van der Waals surface area contributed by atoms with Crippen LogP contribution >= 0.6 is 0 Å². The zero-order chi connectivity index (χ0) is 14.7. The molecule has 0 saturated heterocycles. The van der Waals surface area contributed by atoms with E-state index in [0.717, 1.165) is 6.42 Å². The summed E-state index contributed by atoms with van der Waals surface area (Å²) < 4.78 is 13.5. The molecule has 0 unspecified atom stereocenters. The average Bonchev–Trinajstić information content (AvgIpc) is 2.16. The number of amides is 1. The number of benzene rings is 1. The van der Waals surface area contributed by atoms with Crippen LogP contribution in [-0.2, 0) is 11.2 Å².